The van der Waals surface area contributed by atoms with E-state index in [9.17, 15) is 4.79 Å². The van der Waals surface area contributed by atoms with Gasteiger partial charge in [-0.25, -0.2) is 0 Å². The third-order valence-corrected chi connectivity index (χ3v) is 6.13. The number of aromatic nitrogens is 1. The highest BCUT2D eigenvalue weighted by atomic mass is 16.2. The second-order valence-electron chi connectivity index (χ2n) is 8.25. The van der Waals surface area contributed by atoms with Crippen LogP contribution in [0.25, 0.3) is 0 Å². The number of rotatable bonds is 5. The Bertz CT molecular complexity index is 569. The fourth-order valence-corrected chi connectivity index (χ4v) is 4.27. The number of pyridine rings is 1. The second kappa shape index (κ2) is 8.96. The van der Waals surface area contributed by atoms with Gasteiger partial charge in [-0.3, -0.25) is 19.6 Å². The molecule has 2 fully saturated rings. The van der Waals surface area contributed by atoms with Gasteiger partial charge in [-0.05, 0) is 70.8 Å². The molecule has 5 nitrogen and oxygen atoms in total. The van der Waals surface area contributed by atoms with Crippen LogP contribution in [0.3, 0.4) is 0 Å². The number of carbonyl (C=O) groups excluding carboxylic acids is 1. The lowest BCUT2D eigenvalue weighted by Crippen LogP contribution is -2.51. The van der Waals surface area contributed by atoms with Crippen molar-refractivity contribution in [3.05, 3.63) is 30.1 Å². The van der Waals surface area contributed by atoms with E-state index in [1.165, 1.54) is 18.4 Å². The number of piperidine rings is 2. The van der Waals surface area contributed by atoms with Gasteiger partial charge in [-0.15, -0.1) is 0 Å². The molecule has 1 amide bonds. The Balaban J connectivity index is 1.49. The van der Waals surface area contributed by atoms with Gasteiger partial charge >= 0.3 is 0 Å². The topological polar surface area (TPSA) is 39.7 Å². The number of hydrogen-bond donors (Lipinski definition) is 0. The van der Waals surface area contributed by atoms with Gasteiger partial charge in [0, 0.05) is 44.6 Å². The van der Waals surface area contributed by atoms with E-state index in [1.54, 1.807) is 0 Å². The summed E-state index contributed by atoms with van der Waals surface area (Å²) in [5.74, 6) is 0.517. The van der Waals surface area contributed by atoms with Crippen LogP contribution in [0.15, 0.2) is 24.5 Å². The van der Waals surface area contributed by atoms with Gasteiger partial charge < -0.3 is 4.90 Å². The Hall–Kier alpha value is -1.46. The molecule has 144 valence electrons. The van der Waals surface area contributed by atoms with Crippen LogP contribution < -0.4 is 0 Å². The summed E-state index contributed by atoms with van der Waals surface area (Å²) in [5.41, 5.74) is 1.30. The summed E-state index contributed by atoms with van der Waals surface area (Å²) in [6, 6.07) is 5.10. The zero-order valence-corrected chi connectivity index (χ0v) is 16.6. The van der Waals surface area contributed by atoms with Crippen molar-refractivity contribution in [2.75, 3.05) is 33.2 Å². The minimum absolute atomic E-state index is 0.185. The summed E-state index contributed by atoms with van der Waals surface area (Å²) >= 11 is 0. The molecule has 2 saturated heterocycles. The molecule has 1 aromatic heterocycles. The van der Waals surface area contributed by atoms with Crippen molar-refractivity contribution in [3.8, 4) is 0 Å². The van der Waals surface area contributed by atoms with Crippen LogP contribution in [0.2, 0.25) is 0 Å². The number of nitrogens with zero attached hydrogens (tertiary/aromatic N) is 4. The van der Waals surface area contributed by atoms with Crippen molar-refractivity contribution >= 4 is 5.91 Å². The highest BCUT2D eigenvalue weighted by molar-refractivity contribution is 5.79. The minimum Gasteiger partial charge on any atom is -0.343 e. The summed E-state index contributed by atoms with van der Waals surface area (Å²) in [7, 11) is 1.95. The van der Waals surface area contributed by atoms with Crippen molar-refractivity contribution in [1.82, 2.24) is 19.7 Å². The standard InChI is InChI=1S/C21H34N4O/c1-17(2)23(3)21(26)19-7-5-11-25(16-19)20-8-12-24(13-9-20)15-18-6-4-10-22-14-18/h4,6,10,14,17,19-20H,5,7-9,11-13,15-16H2,1-3H3/t19-/m0/s1. The fourth-order valence-electron chi connectivity index (χ4n) is 4.27. The number of hydrogen-bond acceptors (Lipinski definition) is 4. The lowest BCUT2D eigenvalue weighted by Gasteiger charge is -2.42. The van der Waals surface area contributed by atoms with Gasteiger partial charge in [0.25, 0.3) is 0 Å². The first-order valence-electron chi connectivity index (χ1n) is 10.2. The van der Waals surface area contributed by atoms with Crippen molar-refractivity contribution in [3.63, 3.8) is 0 Å². The van der Waals surface area contributed by atoms with E-state index in [0.717, 1.165) is 45.6 Å². The van der Waals surface area contributed by atoms with E-state index in [4.69, 9.17) is 0 Å². The van der Waals surface area contributed by atoms with Crippen LogP contribution in [-0.4, -0.2) is 70.9 Å². The first kappa shape index (κ1) is 19.3. The number of carbonyl (C=O) groups is 1. The number of likely N-dealkylation sites (tertiary alicyclic amines) is 2. The molecule has 0 aliphatic carbocycles. The van der Waals surface area contributed by atoms with Crippen LogP contribution in [-0.2, 0) is 11.3 Å². The highest BCUT2D eigenvalue weighted by Gasteiger charge is 2.33. The second-order valence-corrected chi connectivity index (χ2v) is 8.25. The van der Waals surface area contributed by atoms with E-state index in [2.05, 4.69) is 34.7 Å². The van der Waals surface area contributed by atoms with Crippen LogP contribution in [0.1, 0.15) is 45.1 Å². The van der Waals surface area contributed by atoms with Crippen molar-refractivity contribution < 1.29 is 4.79 Å². The summed E-state index contributed by atoms with van der Waals surface area (Å²) in [6.45, 7) is 9.57. The molecule has 1 atom stereocenters. The Kier molecular flexibility index (Phi) is 6.65. The summed E-state index contributed by atoms with van der Waals surface area (Å²) in [5, 5.41) is 0. The molecule has 0 aromatic carbocycles. The van der Waals surface area contributed by atoms with Crippen LogP contribution in [0.5, 0.6) is 0 Å². The van der Waals surface area contributed by atoms with Crippen LogP contribution >= 0.6 is 0 Å². The Morgan fingerprint density at radius 2 is 2.04 bits per heavy atom. The molecular weight excluding hydrogens is 324 g/mol. The average molecular weight is 359 g/mol. The first-order valence-corrected chi connectivity index (χ1v) is 10.2. The summed E-state index contributed by atoms with van der Waals surface area (Å²) in [6.07, 6.45) is 8.42. The molecule has 0 N–H and O–H groups in total. The Labute approximate surface area is 158 Å². The van der Waals surface area contributed by atoms with Gasteiger partial charge in [0.05, 0.1) is 5.92 Å². The first-order chi connectivity index (χ1) is 12.5. The maximum absolute atomic E-state index is 12.7. The SMILES string of the molecule is CC(C)N(C)C(=O)[C@H]1CCCN(C2CCN(Cc3cccnc3)CC2)C1. The molecule has 0 spiro atoms. The highest BCUT2D eigenvalue weighted by Crippen LogP contribution is 2.25. The third-order valence-electron chi connectivity index (χ3n) is 6.13. The van der Waals surface area contributed by atoms with Crippen LogP contribution in [0.4, 0.5) is 0 Å². The van der Waals surface area contributed by atoms with E-state index in [-0.39, 0.29) is 12.0 Å². The minimum atomic E-state index is 0.185. The molecule has 1 aromatic rings. The molecule has 3 heterocycles. The molecule has 5 heteroatoms. The molecule has 2 aliphatic heterocycles. The zero-order chi connectivity index (χ0) is 18.5. The lowest BCUT2D eigenvalue weighted by molar-refractivity contribution is -0.138. The van der Waals surface area contributed by atoms with Gasteiger partial charge in [-0.1, -0.05) is 6.07 Å². The summed E-state index contributed by atoms with van der Waals surface area (Å²) in [4.78, 5) is 24.0. The largest absolute Gasteiger partial charge is 0.343 e. The van der Waals surface area contributed by atoms with Gasteiger partial charge in [0.15, 0.2) is 0 Å². The molecule has 2 aliphatic rings. The Morgan fingerprint density at radius 1 is 1.27 bits per heavy atom. The Morgan fingerprint density at radius 3 is 2.69 bits per heavy atom. The lowest BCUT2D eigenvalue weighted by atomic mass is 9.92. The quantitative estimate of drug-likeness (QED) is 0.811. The predicted octanol–water partition coefficient (Wildman–Crippen LogP) is 2.62. The van der Waals surface area contributed by atoms with E-state index < -0.39 is 0 Å². The predicted molar refractivity (Wildman–Crippen MR) is 105 cm³/mol. The molecular formula is C21H34N4O. The molecule has 0 unspecified atom stereocenters. The van der Waals surface area contributed by atoms with E-state index in [1.807, 2.05) is 30.4 Å². The molecule has 3 rings (SSSR count). The molecule has 26 heavy (non-hydrogen) atoms. The van der Waals surface area contributed by atoms with Crippen LogP contribution in [0, 0.1) is 5.92 Å². The van der Waals surface area contributed by atoms with Crippen molar-refractivity contribution in [2.24, 2.45) is 5.92 Å². The van der Waals surface area contributed by atoms with E-state index >= 15 is 0 Å². The van der Waals surface area contributed by atoms with Crippen molar-refractivity contribution in [1.29, 1.82) is 0 Å². The van der Waals surface area contributed by atoms with Crippen molar-refractivity contribution in [2.45, 2.75) is 58.2 Å². The maximum Gasteiger partial charge on any atom is 0.226 e. The maximum atomic E-state index is 12.7. The fraction of sp³-hybridized carbons (Fsp3) is 0.714. The third kappa shape index (κ3) is 4.83. The summed E-state index contributed by atoms with van der Waals surface area (Å²) < 4.78 is 0. The van der Waals surface area contributed by atoms with Gasteiger partial charge in [0.1, 0.15) is 0 Å². The zero-order valence-electron chi connectivity index (χ0n) is 16.6. The average Bonchev–Trinajstić information content (AvgIpc) is 2.68. The molecule has 0 bridgehead atoms. The monoisotopic (exact) mass is 358 g/mol. The molecule has 0 saturated carbocycles. The smallest absolute Gasteiger partial charge is 0.226 e. The normalized spacial score (nSPS) is 23.3. The molecule has 0 radical (unpaired) electrons. The number of amides is 1. The van der Waals surface area contributed by atoms with Gasteiger partial charge in [0.2, 0.25) is 5.91 Å². The van der Waals surface area contributed by atoms with Gasteiger partial charge in [-0.2, -0.15) is 0 Å². The van der Waals surface area contributed by atoms with E-state index in [0.29, 0.717) is 11.9 Å².